The van der Waals surface area contributed by atoms with Crippen molar-refractivity contribution in [1.29, 1.82) is 0 Å². The normalized spacial score (nSPS) is 12.1. The zero-order chi connectivity index (χ0) is 14.7. The van der Waals surface area contributed by atoms with Crippen molar-refractivity contribution in [3.05, 3.63) is 23.9 Å². The van der Waals surface area contributed by atoms with Crippen molar-refractivity contribution in [2.45, 2.75) is 12.1 Å². The van der Waals surface area contributed by atoms with Crippen LogP contribution in [0.2, 0.25) is 0 Å². The Bertz CT molecular complexity index is 443. The van der Waals surface area contributed by atoms with Crippen LogP contribution in [0.25, 0.3) is 0 Å². The molecule has 0 bridgehead atoms. The second kappa shape index (κ2) is 5.37. The van der Waals surface area contributed by atoms with E-state index in [1.807, 2.05) is 0 Å². The summed E-state index contributed by atoms with van der Waals surface area (Å²) in [6, 6.07) is 2.11. The molecule has 0 unspecified atom stereocenters. The number of halogens is 5. The van der Waals surface area contributed by atoms with Gasteiger partial charge in [0.05, 0.1) is 12.7 Å². The standard InChI is InChI=1S/C10H8F5NO3/c1-18-8(17)6-2-3-7(16-4-6)19-5-9(11,12)10(13,14)15/h2-4H,5H2,1H3. The van der Waals surface area contributed by atoms with E-state index in [2.05, 4.69) is 14.5 Å². The molecule has 0 fully saturated rings. The molecule has 4 nitrogen and oxygen atoms in total. The minimum Gasteiger partial charge on any atom is -0.471 e. The van der Waals surface area contributed by atoms with Crippen LogP contribution in [0, 0.1) is 0 Å². The average Bonchev–Trinajstić information content (AvgIpc) is 2.35. The van der Waals surface area contributed by atoms with Crippen molar-refractivity contribution in [3.63, 3.8) is 0 Å². The summed E-state index contributed by atoms with van der Waals surface area (Å²) in [5.41, 5.74) is 0.0115. The van der Waals surface area contributed by atoms with Crippen LogP contribution >= 0.6 is 0 Å². The number of carbonyl (C=O) groups excluding carboxylic acids is 1. The highest BCUT2D eigenvalue weighted by Crippen LogP contribution is 2.35. The number of hydrogen-bond donors (Lipinski definition) is 0. The molecule has 0 aliphatic rings. The number of carbonyl (C=O) groups is 1. The van der Waals surface area contributed by atoms with Gasteiger partial charge < -0.3 is 9.47 Å². The van der Waals surface area contributed by atoms with Gasteiger partial charge in [0.15, 0.2) is 6.61 Å². The number of rotatable bonds is 4. The molecule has 1 aromatic heterocycles. The fourth-order valence-corrected chi connectivity index (χ4v) is 0.951. The summed E-state index contributed by atoms with van der Waals surface area (Å²) in [4.78, 5) is 14.4. The summed E-state index contributed by atoms with van der Waals surface area (Å²) in [6.07, 6.45) is -4.76. The molecular formula is C10H8F5NO3. The van der Waals surface area contributed by atoms with Crippen molar-refractivity contribution >= 4 is 5.97 Å². The van der Waals surface area contributed by atoms with E-state index < -0.39 is 30.6 Å². The van der Waals surface area contributed by atoms with Crippen molar-refractivity contribution < 1.29 is 36.2 Å². The number of methoxy groups -OCH3 is 1. The van der Waals surface area contributed by atoms with Crippen molar-refractivity contribution in [2.75, 3.05) is 13.7 Å². The van der Waals surface area contributed by atoms with Gasteiger partial charge in [-0.2, -0.15) is 22.0 Å². The molecule has 0 N–H and O–H groups in total. The third-order valence-corrected chi connectivity index (χ3v) is 1.97. The highest BCUT2D eigenvalue weighted by Gasteiger charge is 2.58. The Morgan fingerprint density at radius 3 is 2.32 bits per heavy atom. The Morgan fingerprint density at radius 1 is 1.26 bits per heavy atom. The van der Waals surface area contributed by atoms with Crippen LogP contribution in [0.3, 0.4) is 0 Å². The van der Waals surface area contributed by atoms with Gasteiger partial charge in [-0.05, 0) is 6.07 Å². The number of aromatic nitrogens is 1. The molecule has 0 aromatic carbocycles. The quantitative estimate of drug-likeness (QED) is 0.629. The number of ether oxygens (including phenoxy) is 2. The van der Waals surface area contributed by atoms with E-state index in [9.17, 15) is 26.7 Å². The predicted octanol–water partition coefficient (Wildman–Crippen LogP) is 2.44. The first-order valence-corrected chi connectivity index (χ1v) is 4.79. The van der Waals surface area contributed by atoms with Gasteiger partial charge in [0, 0.05) is 12.3 Å². The monoisotopic (exact) mass is 285 g/mol. The van der Waals surface area contributed by atoms with Crippen LogP contribution in [-0.4, -0.2) is 36.8 Å². The SMILES string of the molecule is COC(=O)c1ccc(OCC(F)(F)C(F)(F)F)nc1. The number of hydrogen-bond acceptors (Lipinski definition) is 4. The lowest BCUT2D eigenvalue weighted by Gasteiger charge is -2.19. The molecule has 0 radical (unpaired) electrons. The van der Waals surface area contributed by atoms with Gasteiger partial charge in [0.25, 0.3) is 0 Å². The third kappa shape index (κ3) is 3.76. The first-order chi connectivity index (χ1) is 8.67. The molecule has 19 heavy (non-hydrogen) atoms. The number of nitrogens with zero attached hydrogens (tertiary/aromatic N) is 1. The smallest absolute Gasteiger partial charge is 0.456 e. The fourth-order valence-electron chi connectivity index (χ4n) is 0.951. The molecule has 0 atom stereocenters. The number of esters is 1. The van der Waals surface area contributed by atoms with Crippen LogP contribution < -0.4 is 4.74 Å². The lowest BCUT2D eigenvalue weighted by Crippen LogP contribution is -2.41. The second-order valence-corrected chi connectivity index (χ2v) is 3.37. The molecule has 0 saturated carbocycles. The molecule has 0 saturated heterocycles. The Hall–Kier alpha value is -1.93. The van der Waals surface area contributed by atoms with E-state index in [-0.39, 0.29) is 5.56 Å². The minimum atomic E-state index is -5.70. The van der Waals surface area contributed by atoms with Gasteiger partial charge in [-0.25, -0.2) is 9.78 Å². The Balaban J connectivity index is 2.67. The van der Waals surface area contributed by atoms with Crippen molar-refractivity contribution in [3.8, 4) is 5.88 Å². The molecule has 1 heterocycles. The summed E-state index contributed by atoms with van der Waals surface area (Å²) >= 11 is 0. The summed E-state index contributed by atoms with van der Waals surface area (Å²) in [7, 11) is 1.12. The molecule has 0 amide bonds. The van der Waals surface area contributed by atoms with E-state index in [0.717, 1.165) is 25.4 Å². The molecule has 106 valence electrons. The number of pyridine rings is 1. The zero-order valence-corrected chi connectivity index (χ0v) is 9.50. The molecule has 9 heteroatoms. The van der Waals surface area contributed by atoms with Gasteiger partial charge in [0.1, 0.15) is 0 Å². The van der Waals surface area contributed by atoms with Crippen LogP contribution in [0.15, 0.2) is 18.3 Å². The number of alkyl halides is 5. The van der Waals surface area contributed by atoms with Crippen LogP contribution in [0.5, 0.6) is 5.88 Å². The molecule has 0 aliphatic heterocycles. The molecule has 0 spiro atoms. The predicted molar refractivity (Wildman–Crippen MR) is 52.1 cm³/mol. The largest absolute Gasteiger partial charge is 0.471 e. The molecule has 0 aliphatic carbocycles. The van der Waals surface area contributed by atoms with Crippen LogP contribution in [0.4, 0.5) is 22.0 Å². The average molecular weight is 285 g/mol. The van der Waals surface area contributed by atoms with E-state index >= 15 is 0 Å². The summed E-state index contributed by atoms with van der Waals surface area (Å²) in [5.74, 6) is -6.16. The maximum absolute atomic E-state index is 12.5. The fraction of sp³-hybridized carbons (Fsp3) is 0.400. The summed E-state index contributed by atoms with van der Waals surface area (Å²) in [6.45, 7) is -1.89. The van der Waals surface area contributed by atoms with Crippen LogP contribution in [-0.2, 0) is 4.74 Å². The Labute approximate surface area is 104 Å². The van der Waals surface area contributed by atoms with Gasteiger partial charge in [-0.15, -0.1) is 0 Å². The van der Waals surface area contributed by atoms with E-state index in [1.54, 1.807) is 0 Å². The first-order valence-electron chi connectivity index (χ1n) is 4.79. The Kier molecular flexibility index (Phi) is 4.28. The lowest BCUT2D eigenvalue weighted by molar-refractivity contribution is -0.290. The maximum atomic E-state index is 12.5. The minimum absolute atomic E-state index is 0.0115. The topological polar surface area (TPSA) is 48.4 Å². The Morgan fingerprint density at radius 2 is 1.89 bits per heavy atom. The first kappa shape index (κ1) is 15.1. The van der Waals surface area contributed by atoms with Gasteiger partial charge in [-0.1, -0.05) is 0 Å². The maximum Gasteiger partial charge on any atom is 0.456 e. The third-order valence-electron chi connectivity index (χ3n) is 1.97. The van der Waals surface area contributed by atoms with Gasteiger partial charge >= 0.3 is 18.1 Å². The van der Waals surface area contributed by atoms with Gasteiger partial charge in [-0.3, -0.25) is 0 Å². The van der Waals surface area contributed by atoms with Crippen LogP contribution in [0.1, 0.15) is 10.4 Å². The van der Waals surface area contributed by atoms with E-state index in [1.165, 1.54) is 0 Å². The molecule has 1 rings (SSSR count). The van der Waals surface area contributed by atoms with Crippen molar-refractivity contribution in [2.24, 2.45) is 0 Å². The van der Waals surface area contributed by atoms with E-state index in [4.69, 9.17) is 0 Å². The summed E-state index contributed by atoms with van der Waals surface area (Å²) in [5, 5.41) is 0. The van der Waals surface area contributed by atoms with Crippen molar-refractivity contribution in [1.82, 2.24) is 4.98 Å². The second-order valence-electron chi connectivity index (χ2n) is 3.37. The van der Waals surface area contributed by atoms with E-state index in [0.29, 0.717) is 0 Å². The molecular weight excluding hydrogens is 277 g/mol. The van der Waals surface area contributed by atoms with Gasteiger partial charge in [0.2, 0.25) is 5.88 Å². The lowest BCUT2D eigenvalue weighted by atomic mass is 10.3. The summed E-state index contributed by atoms with van der Waals surface area (Å²) < 4.78 is 69.2. The highest BCUT2D eigenvalue weighted by molar-refractivity contribution is 5.88. The molecule has 1 aromatic rings. The zero-order valence-electron chi connectivity index (χ0n) is 9.50. The highest BCUT2D eigenvalue weighted by atomic mass is 19.4.